The number of pyridine rings is 2. The maximum Gasteiger partial charge on any atom is 0.410 e. The van der Waals surface area contributed by atoms with Gasteiger partial charge in [-0.15, -0.1) is 0 Å². The number of carbonyl (C=O) groups excluding carboxylic acids is 2. The number of likely N-dealkylation sites (tertiary alicyclic amines) is 1. The largest absolute Gasteiger partial charge is 0.481 e. The number of imidazole rings is 1. The van der Waals surface area contributed by atoms with E-state index in [1.165, 1.54) is 13.2 Å². The molecule has 1 spiro atoms. The van der Waals surface area contributed by atoms with Gasteiger partial charge >= 0.3 is 6.09 Å². The van der Waals surface area contributed by atoms with E-state index in [4.69, 9.17) is 9.47 Å². The Morgan fingerprint density at radius 1 is 1.02 bits per heavy atom. The number of piperidine rings is 1. The van der Waals surface area contributed by atoms with Gasteiger partial charge in [-0.05, 0) is 65.2 Å². The number of nitrogens with one attached hydrogen (secondary N) is 1. The fourth-order valence-corrected chi connectivity index (χ4v) is 6.03. The summed E-state index contributed by atoms with van der Waals surface area (Å²) in [5, 5.41) is 3.62. The summed E-state index contributed by atoms with van der Waals surface area (Å²) in [5.74, 6) is -0.557. The predicted molar refractivity (Wildman–Crippen MR) is 158 cm³/mol. The first-order valence-electron chi connectivity index (χ1n) is 14.2. The molecule has 6 rings (SSSR count). The van der Waals surface area contributed by atoms with Crippen molar-refractivity contribution in [2.24, 2.45) is 0 Å². The van der Waals surface area contributed by atoms with Crippen LogP contribution in [0, 0.1) is 12.7 Å². The first-order chi connectivity index (χ1) is 20.0. The third kappa shape index (κ3) is 4.97. The highest BCUT2D eigenvalue weighted by Crippen LogP contribution is 2.43. The van der Waals surface area contributed by atoms with Gasteiger partial charge in [-0.2, -0.15) is 0 Å². The number of rotatable bonds is 4. The van der Waals surface area contributed by atoms with Gasteiger partial charge in [0.2, 0.25) is 5.88 Å². The van der Waals surface area contributed by atoms with Crippen molar-refractivity contribution in [3.63, 3.8) is 0 Å². The third-order valence-electron chi connectivity index (χ3n) is 8.17. The zero-order chi connectivity index (χ0) is 29.8. The Morgan fingerprint density at radius 2 is 1.76 bits per heavy atom. The number of aromatic nitrogens is 3. The molecule has 10 nitrogen and oxygen atoms in total. The van der Waals surface area contributed by atoms with E-state index in [1.807, 2.05) is 37.8 Å². The molecule has 2 fully saturated rings. The highest BCUT2D eigenvalue weighted by atomic mass is 19.1. The monoisotopic (exact) mass is 574 g/mol. The van der Waals surface area contributed by atoms with Gasteiger partial charge in [-0.1, -0.05) is 0 Å². The van der Waals surface area contributed by atoms with Crippen LogP contribution in [0.3, 0.4) is 0 Å². The van der Waals surface area contributed by atoms with Gasteiger partial charge in [0.25, 0.3) is 5.91 Å². The SMILES string of the molecule is COc1ccc2c(N3CCC4(CC3)CCN4C(=O)OC(C)(C)C)ccc(C(=O)Nc3cc(F)c4nc(C)cn4c3)c2n1. The average Bonchev–Trinajstić information content (AvgIpc) is 3.31. The number of hydrogen-bond donors (Lipinski definition) is 1. The molecule has 220 valence electrons. The number of benzene rings is 1. The van der Waals surface area contributed by atoms with Gasteiger partial charge in [0.15, 0.2) is 11.5 Å². The summed E-state index contributed by atoms with van der Waals surface area (Å²) < 4.78 is 27.2. The molecular formula is C31H35FN6O4. The Labute approximate surface area is 243 Å². The summed E-state index contributed by atoms with van der Waals surface area (Å²) in [6.45, 7) is 9.64. The van der Waals surface area contributed by atoms with Gasteiger partial charge in [0, 0.05) is 55.2 Å². The molecule has 0 radical (unpaired) electrons. The number of halogens is 1. The molecule has 2 amide bonds. The second kappa shape index (κ2) is 10.1. The molecular weight excluding hydrogens is 539 g/mol. The molecule has 1 aromatic carbocycles. The lowest BCUT2D eigenvalue weighted by atomic mass is 9.76. The molecule has 42 heavy (non-hydrogen) atoms. The van der Waals surface area contributed by atoms with E-state index in [9.17, 15) is 14.0 Å². The standard InChI is InChI=1S/C31H35FN6O4/c1-19-17-37-18-20(16-23(32)27(37)33-19)34-28(39)22-6-8-24(21-7-9-25(41-5)35-26(21)22)36-13-10-31(11-14-36)12-15-38(31)29(40)42-30(2,3)4/h6-9,16-18H,10-15H2,1-5H3,(H,34,39). The van der Waals surface area contributed by atoms with Crippen LogP contribution < -0.4 is 15.0 Å². The minimum Gasteiger partial charge on any atom is -0.481 e. The fraction of sp³-hybridized carbons (Fsp3) is 0.419. The van der Waals surface area contributed by atoms with Crippen LogP contribution in [0.1, 0.15) is 56.1 Å². The van der Waals surface area contributed by atoms with E-state index in [0.29, 0.717) is 34.9 Å². The molecule has 0 aliphatic carbocycles. The molecule has 0 saturated carbocycles. The quantitative estimate of drug-likeness (QED) is 0.340. The van der Waals surface area contributed by atoms with Gasteiger partial charge in [0.1, 0.15) is 5.60 Å². The molecule has 0 unspecified atom stereocenters. The zero-order valence-corrected chi connectivity index (χ0v) is 24.5. The Morgan fingerprint density at radius 3 is 2.43 bits per heavy atom. The number of hydrogen-bond acceptors (Lipinski definition) is 7. The lowest BCUT2D eigenvalue weighted by Gasteiger charge is -2.56. The summed E-state index contributed by atoms with van der Waals surface area (Å²) in [4.78, 5) is 39.3. The normalized spacial score (nSPS) is 16.5. The number of ether oxygens (including phenoxy) is 2. The molecule has 5 heterocycles. The van der Waals surface area contributed by atoms with Gasteiger partial charge in [-0.3, -0.25) is 4.79 Å². The van der Waals surface area contributed by atoms with Crippen LogP contribution in [-0.4, -0.2) is 69.2 Å². The van der Waals surface area contributed by atoms with Crippen molar-refractivity contribution in [3.05, 3.63) is 59.8 Å². The lowest BCUT2D eigenvalue weighted by molar-refractivity contribution is -0.0541. The van der Waals surface area contributed by atoms with Crippen LogP contribution in [0.15, 0.2) is 42.7 Å². The first kappa shape index (κ1) is 27.7. The van der Waals surface area contributed by atoms with E-state index < -0.39 is 17.3 Å². The molecule has 1 N–H and O–H groups in total. The highest BCUT2D eigenvalue weighted by Gasteiger charge is 2.50. The van der Waals surface area contributed by atoms with Gasteiger partial charge in [-0.25, -0.2) is 19.2 Å². The Balaban J connectivity index is 1.26. The number of nitrogens with zero attached hydrogens (tertiary/aromatic N) is 5. The maximum absolute atomic E-state index is 14.7. The smallest absolute Gasteiger partial charge is 0.410 e. The molecule has 2 aliphatic rings. The van der Waals surface area contributed by atoms with Gasteiger partial charge in [0.05, 0.1) is 35.1 Å². The van der Waals surface area contributed by atoms with E-state index in [-0.39, 0.29) is 17.3 Å². The molecule has 3 aromatic heterocycles. The number of methoxy groups -OCH3 is 1. The van der Waals surface area contributed by atoms with Crippen LogP contribution in [0.4, 0.5) is 20.6 Å². The van der Waals surface area contributed by atoms with Crippen LogP contribution in [0.5, 0.6) is 5.88 Å². The van der Waals surface area contributed by atoms with E-state index >= 15 is 0 Å². The van der Waals surface area contributed by atoms with Crippen molar-refractivity contribution in [2.45, 2.75) is 58.1 Å². The number of fused-ring (bicyclic) bond motifs is 2. The summed E-state index contributed by atoms with van der Waals surface area (Å²) >= 11 is 0. The van der Waals surface area contributed by atoms with Crippen molar-refractivity contribution in [2.75, 3.05) is 37.0 Å². The predicted octanol–water partition coefficient (Wildman–Crippen LogP) is 5.57. The van der Waals surface area contributed by atoms with Crippen molar-refractivity contribution in [3.8, 4) is 5.88 Å². The highest BCUT2D eigenvalue weighted by molar-refractivity contribution is 6.14. The summed E-state index contributed by atoms with van der Waals surface area (Å²) in [5.41, 5.74) is 2.26. The topological polar surface area (TPSA) is 101 Å². The molecule has 0 atom stereocenters. The first-order valence-corrected chi connectivity index (χ1v) is 14.2. The molecule has 2 saturated heterocycles. The second-order valence-electron chi connectivity index (χ2n) is 12.1. The van der Waals surface area contributed by atoms with Crippen LogP contribution in [-0.2, 0) is 4.74 Å². The number of anilines is 2. The lowest BCUT2D eigenvalue weighted by Crippen LogP contribution is -2.66. The van der Waals surface area contributed by atoms with Crippen LogP contribution >= 0.6 is 0 Å². The van der Waals surface area contributed by atoms with E-state index in [0.717, 1.165) is 43.4 Å². The summed E-state index contributed by atoms with van der Waals surface area (Å²) in [6, 6.07) is 8.62. The number of amides is 2. The summed E-state index contributed by atoms with van der Waals surface area (Å²) in [6.07, 6.45) is 5.68. The van der Waals surface area contributed by atoms with Crippen molar-refractivity contribution >= 4 is 39.9 Å². The number of carbonyl (C=O) groups is 2. The van der Waals surface area contributed by atoms with E-state index in [2.05, 4.69) is 20.2 Å². The van der Waals surface area contributed by atoms with Crippen molar-refractivity contribution < 1.29 is 23.5 Å². The molecule has 0 bridgehead atoms. The van der Waals surface area contributed by atoms with Crippen molar-refractivity contribution in [1.82, 2.24) is 19.3 Å². The molecule has 11 heteroatoms. The minimum absolute atomic E-state index is 0.180. The third-order valence-corrected chi connectivity index (χ3v) is 8.17. The molecule has 4 aromatic rings. The Hall–Kier alpha value is -4.41. The number of aryl methyl sites for hydroxylation is 1. The Kier molecular flexibility index (Phi) is 6.70. The van der Waals surface area contributed by atoms with Crippen LogP contribution in [0.25, 0.3) is 16.6 Å². The van der Waals surface area contributed by atoms with Crippen molar-refractivity contribution in [1.29, 1.82) is 0 Å². The van der Waals surface area contributed by atoms with E-state index in [1.54, 1.807) is 35.9 Å². The zero-order valence-electron chi connectivity index (χ0n) is 24.5. The maximum atomic E-state index is 14.7. The Bertz CT molecular complexity index is 1700. The molecule has 2 aliphatic heterocycles. The second-order valence-corrected chi connectivity index (χ2v) is 12.1. The summed E-state index contributed by atoms with van der Waals surface area (Å²) in [7, 11) is 1.53. The average molecular weight is 575 g/mol. The minimum atomic E-state index is -0.533. The van der Waals surface area contributed by atoms with Gasteiger partial charge < -0.3 is 29.0 Å². The van der Waals surface area contributed by atoms with Crippen LogP contribution in [0.2, 0.25) is 0 Å². The fourth-order valence-electron chi connectivity index (χ4n) is 6.03.